The molecule has 0 atom stereocenters. The number of carbonyl (C=O) groups is 1. The van der Waals surface area contributed by atoms with Crippen LogP contribution in [0.15, 0.2) is 18.2 Å². The van der Waals surface area contributed by atoms with E-state index in [4.69, 9.17) is 5.73 Å². The van der Waals surface area contributed by atoms with E-state index in [1.165, 1.54) is 6.07 Å². The van der Waals surface area contributed by atoms with Gasteiger partial charge >= 0.3 is 0 Å². The van der Waals surface area contributed by atoms with E-state index in [-0.39, 0.29) is 17.6 Å². The molecule has 1 aliphatic heterocycles. The molecule has 6 heteroatoms. The maximum atomic E-state index is 12.4. The largest absolute Gasteiger partial charge is 0.339 e. The van der Waals surface area contributed by atoms with Crippen LogP contribution >= 0.6 is 0 Å². The number of nitrogens with two attached hydrogens (primary N) is 1. The minimum Gasteiger partial charge on any atom is -0.339 e. The lowest BCUT2D eigenvalue weighted by Gasteiger charge is -2.30. The molecule has 1 heterocycles. The standard InChI is InChI=1S/C13H17N3O3/c1-9-11(3-2-4-12(9)16(18)19)13(17)15-7-5-10(14)6-8-15/h2-4,10H,5-8,14H2,1H3. The van der Waals surface area contributed by atoms with Gasteiger partial charge in [0.25, 0.3) is 11.6 Å². The molecule has 1 fully saturated rings. The van der Waals surface area contributed by atoms with Crippen LogP contribution in [-0.2, 0) is 0 Å². The second-order valence-electron chi connectivity index (χ2n) is 4.84. The van der Waals surface area contributed by atoms with E-state index in [1.54, 1.807) is 24.0 Å². The molecule has 0 unspecified atom stereocenters. The van der Waals surface area contributed by atoms with Crippen molar-refractivity contribution in [3.8, 4) is 0 Å². The molecule has 0 saturated carbocycles. The van der Waals surface area contributed by atoms with Crippen molar-refractivity contribution in [3.63, 3.8) is 0 Å². The molecular formula is C13H17N3O3. The lowest BCUT2D eigenvalue weighted by Crippen LogP contribution is -2.43. The van der Waals surface area contributed by atoms with Crippen LogP contribution in [0.2, 0.25) is 0 Å². The van der Waals surface area contributed by atoms with Crippen LogP contribution in [0, 0.1) is 17.0 Å². The second-order valence-corrected chi connectivity index (χ2v) is 4.84. The van der Waals surface area contributed by atoms with Crippen LogP contribution in [-0.4, -0.2) is 34.9 Å². The molecule has 2 N–H and O–H groups in total. The normalized spacial score (nSPS) is 16.4. The number of carbonyl (C=O) groups excluding carboxylic acids is 1. The third-order valence-corrected chi connectivity index (χ3v) is 3.56. The van der Waals surface area contributed by atoms with E-state index in [2.05, 4.69) is 0 Å². The Labute approximate surface area is 111 Å². The summed E-state index contributed by atoms with van der Waals surface area (Å²) in [6, 6.07) is 4.75. The minimum absolute atomic E-state index is 0.0143. The molecule has 2 rings (SSSR count). The summed E-state index contributed by atoms with van der Waals surface area (Å²) in [5.74, 6) is -0.145. The molecular weight excluding hydrogens is 246 g/mol. The highest BCUT2D eigenvalue weighted by Gasteiger charge is 2.25. The first-order valence-corrected chi connectivity index (χ1v) is 6.29. The summed E-state index contributed by atoms with van der Waals surface area (Å²) in [7, 11) is 0. The van der Waals surface area contributed by atoms with Crippen molar-refractivity contribution >= 4 is 11.6 Å². The first kappa shape index (κ1) is 13.5. The van der Waals surface area contributed by atoms with Gasteiger partial charge in [0, 0.05) is 36.3 Å². The van der Waals surface area contributed by atoms with Crippen molar-refractivity contribution in [2.45, 2.75) is 25.8 Å². The van der Waals surface area contributed by atoms with Crippen LogP contribution in [0.1, 0.15) is 28.8 Å². The lowest BCUT2D eigenvalue weighted by molar-refractivity contribution is -0.385. The Morgan fingerprint density at radius 1 is 1.42 bits per heavy atom. The van der Waals surface area contributed by atoms with Crippen molar-refractivity contribution in [3.05, 3.63) is 39.4 Å². The van der Waals surface area contributed by atoms with Gasteiger partial charge in [-0.3, -0.25) is 14.9 Å². The molecule has 102 valence electrons. The van der Waals surface area contributed by atoms with E-state index >= 15 is 0 Å². The summed E-state index contributed by atoms with van der Waals surface area (Å²) < 4.78 is 0. The van der Waals surface area contributed by atoms with E-state index in [9.17, 15) is 14.9 Å². The summed E-state index contributed by atoms with van der Waals surface area (Å²) in [6.45, 7) is 2.84. The second kappa shape index (κ2) is 5.36. The van der Waals surface area contributed by atoms with Crippen LogP contribution in [0.25, 0.3) is 0 Å². The summed E-state index contributed by atoms with van der Waals surface area (Å²) in [4.78, 5) is 24.5. The number of amides is 1. The molecule has 0 aliphatic carbocycles. The molecule has 1 saturated heterocycles. The summed E-state index contributed by atoms with van der Waals surface area (Å²) >= 11 is 0. The van der Waals surface area contributed by atoms with E-state index < -0.39 is 4.92 Å². The first-order chi connectivity index (χ1) is 9.00. The number of hydrogen-bond donors (Lipinski definition) is 1. The van der Waals surface area contributed by atoms with Crippen LogP contribution < -0.4 is 5.73 Å². The quantitative estimate of drug-likeness (QED) is 0.646. The molecule has 0 aromatic heterocycles. The van der Waals surface area contributed by atoms with Crippen molar-refractivity contribution in [1.29, 1.82) is 0 Å². The zero-order valence-electron chi connectivity index (χ0n) is 10.8. The van der Waals surface area contributed by atoms with Gasteiger partial charge in [0.1, 0.15) is 0 Å². The molecule has 6 nitrogen and oxygen atoms in total. The molecule has 0 bridgehead atoms. The van der Waals surface area contributed by atoms with Gasteiger partial charge < -0.3 is 10.6 Å². The third-order valence-electron chi connectivity index (χ3n) is 3.56. The zero-order chi connectivity index (χ0) is 14.0. The summed E-state index contributed by atoms with van der Waals surface area (Å²) in [5, 5.41) is 10.9. The molecule has 1 aromatic rings. The van der Waals surface area contributed by atoms with Gasteiger partial charge in [-0.05, 0) is 25.8 Å². The topological polar surface area (TPSA) is 89.5 Å². The number of nitrogens with zero attached hydrogens (tertiary/aromatic N) is 2. The maximum absolute atomic E-state index is 12.4. The van der Waals surface area contributed by atoms with Gasteiger partial charge in [0.05, 0.1) is 4.92 Å². The number of hydrogen-bond acceptors (Lipinski definition) is 4. The Kier molecular flexibility index (Phi) is 3.80. The summed E-state index contributed by atoms with van der Waals surface area (Å²) in [6.07, 6.45) is 1.55. The third kappa shape index (κ3) is 2.73. The summed E-state index contributed by atoms with van der Waals surface area (Å²) in [5.41, 5.74) is 6.62. The number of piperidine rings is 1. The fourth-order valence-corrected chi connectivity index (χ4v) is 2.33. The molecule has 19 heavy (non-hydrogen) atoms. The minimum atomic E-state index is -0.460. The van der Waals surface area contributed by atoms with Crippen LogP contribution in [0.4, 0.5) is 5.69 Å². The van der Waals surface area contributed by atoms with Gasteiger partial charge in [-0.1, -0.05) is 6.07 Å². The number of rotatable bonds is 2. The Morgan fingerprint density at radius 3 is 2.63 bits per heavy atom. The highest BCUT2D eigenvalue weighted by molar-refractivity contribution is 5.96. The van der Waals surface area contributed by atoms with Gasteiger partial charge in [-0.25, -0.2) is 0 Å². The smallest absolute Gasteiger partial charge is 0.273 e. The fourth-order valence-electron chi connectivity index (χ4n) is 2.33. The van der Waals surface area contributed by atoms with Crippen molar-refractivity contribution in [2.24, 2.45) is 5.73 Å². The van der Waals surface area contributed by atoms with E-state index in [0.717, 1.165) is 12.8 Å². The lowest BCUT2D eigenvalue weighted by atomic mass is 10.0. The predicted octanol–water partition coefficient (Wildman–Crippen LogP) is 1.47. The van der Waals surface area contributed by atoms with Gasteiger partial charge in [-0.15, -0.1) is 0 Å². The molecule has 0 radical (unpaired) electrons. The number of nitro benzene ring substituents is 1. The Hall–Kier alpha value is -1.95. The highest BCUT2D eigenvalue weighted by atomic mass is 16.6. The van der Waals surface area contributed by atoms with Gasteiger partial charge in [0.15, 0.2) is 0 Å². The molecule has 0 spiro atoms. The monoisotopic (exact) mass is 263 g/mol. The SMILES string of the molecule is Cc1c(C(=O)N2CCC(N)CC2)cccc1[N+](=O)[O-]. The number of nitro groups is 1. The fraction of sp³-hybridized carbons (Fsp3) is 0.462. The van der Waals surface area contributed by atoms with Gasteiger partial charge in [0.2, 0.25) is 0 Å². The predicted molar refractivity (Wildman–Crippen MR) is 70.9 cm³/mol. The van der Waals surface area contributed by atoms with Crippen LogP contribution in [0.3, 0.4) is 0 Å². The van der Waals surface area contributed by atoms with E-state index in [1.807, 2.05) is 0 Å². The average Bonchev–Trinajstić information content (AvgIpc) is 2.38. The van der Waals surface area contributed by atoms with Crippen molar-refractivity contribution in [2.75, 3.05) is 13.1 Å². The molecule has 1 aromatic carbocycles. The Balaban J connectivity index is 2.24. The highest BCUT2D eigenvalue weighted by Crippen LogP contribution is 2.23. The molecule has 1 aliphatic rings. The maximum Gasteiger partial charge on any atom is 0.273 e. The zero-order valence-corrected chi connectivity index (χ0v) is 10.8. The Morgan fingerprint density at radius 2 is 2.05 bits per heavy atom. The van der Waals surface area contributed by atoms with Gasteiger partial charge in [-0.2, -0.15) is 0 Å². The van der Waals surface area contributed by atoms with Crippen LogP contribution in [0.5, 0.6) is 0 Å². The average molecular weight is 263 g/mol. The number of benzene rings is 1. The molecule has 1 amide bonds. The van der Waals surface area contributed by atoms with E-state index in [0.29, 0.717) is 24.2 Å². The van der Waals surface area contributed by atoms with Crippen molar-refractivity contribution < 1.29 is 9.72 Å². The Bertz CT molecular complexity index is 508. The van der Waals surface area contributed by atoms with Crippen molar-refractivity contribution in [1.82, 2.24) is 4.90 Å². The first-order valence-electron chi connectivity index (χ1n) is 6.29. The number of likely N-dealkylation sites (tertiary alicyclic amines) is 1.